The molecule has 0 radical (unpaired) electrons. The summed E-state index contributed by atoms with van der Waals surface area (Å²) in [6, 6.07) is 6.34. The number of nitro groups is 1. The molecule has 2 aromatic rings. The lowest BCUT2D eigenvalue weighted by atomic mass is 9.92. The van der Waals surface area contributed by atoms with Gasteiger partial charge in [0.05, 0.1) is 30.8 Å². The summed E-state index contributed by atoms with van der Waals surface area (Å²) in [5, 5.41) is 14.0. The summed E-state index contributed by atoms with van der Waals surface area (Å²) < 4.78 is 10.9. The van der Waals surface area contributed by atoms with E-state index in [0.29, 0.717) is 17.3 Å². The Balaban J connectivity index is 1.47. The lowest BCUT2D eigenvalue weighted by Crippen LogP contribution is -2.40. The van der Waals surface area contributed by atoms with Gasteiger partial charge in [-0.2, -0.15) is 4.98 Å². The van der Waals surface area contributed by atoms with Crippen LogP contribution in [0.4, 0.5) is 5.69 Å². The van der Waals surface area contributed by atoms with Crippen LogP contribution in [0, 0.1) is 10.1 Å². The second-order valence-electron chi connectivity index (χ2n) is 6.62. The summed E-state index contributed by atoms with van der Waals surface area (Å²) >= 11 is 0. The van der Waals surface area contributed by atoms with E-state index in [4.69, 9.17) is 9.47 Å². The third-order valence-electron chi connectivity index (χ3n) is 4.67. The molecule has 1 fully saturated rings. The summed E-state index contributed by atoms with van der Waals surface area (Å²) in [4.78, 5) is 31.1. The Hall–Kier alpha value is -3.23. The van der Waals surface area contributed by atoms with Crippen LogP contribution in [0.25, 0.3) is 0 Å². The predicted octanol–water partition coefficient (Wildman–Crippen LogP) is 2.44. The van der Waals surface area contributed by atoms with Crippen molar-refractivity contribution in [1.82, 2.24) is 15.3 Å². The highest BCUT2D eigenvalue weighted by molar-refractivity contribution is 5.80. The van der Waals surface area contributed by atoms with E-state index in [1.54, 1.807) is 24.4 Å². The summed E-state index contributed by atoms with van der Waals surface area (Å²) in [5.74, 6) is 0.606. The SMILES string of the molecule is COc1cncc(OC2CCC(NC(=O)Cc3ccccc3[N+](=O)[O-])CC2)n1. The van der Waals surface area contributed by atoms with E-state index in [0.717, 1.165) is 25.7 Å². The summed E-state index contributed by atoms with van der Waals surface area (Å²) in [7, 11) is 1.52. The van der Waals surface area contributed by atoms with Gasteiger partial charge >= 0.3 is 0 Å². The molecule has 0 saturated heterocycles. The van der Waals surface area contributed by atoms with Crippen molar-refractivity contribution < 1.29 is 19.2 Å². The zero-order valence-corrected chi connectivity index (χ0v) is 15.5. The van der Waals surface area contributed by atoms with Gasteiger partial charge in [-0.1, -0.05) is 18.2 Å². The molecule has 0 atom stereocenters. The van der Waals surface area contributed by atoms with E-state index < -0.39 is 4.92 Å². The number of nitrogens with zero attached hydrogens (tertiary/aromatic N) is 3. The lowest BCUT2D eigenvalue weighted by Gasteiger charge is -2.29. The molecule has 9 nitrogen and oxygen atoms in total. The van der Waals surface area contributed by atoms with Gasteiger partial charge in [0.25, 0.3) is 5.69 Å². The van der Waals surface area contributed by atoms with Gasteiger partial charge in [-0.25, -0.2) is 0 Å². The molecule has 0 aliphatic heterocycles. The average molecular weight is 386 g/mol. The third kappa shape index (κ3) is 5.15. The van der Waals surface area contributed by atoms with Crippen molar-refractivity contribution in [2.24, 2.45) is 0 Å². The first kappa shape index (κ1) is 19.5. The number of amides is 1. The van der Waals surface area contributed by atoms with E-state index in [1.807, 2.05) is 0 Å². The van der Waals surface area contributed by atoms with Gasteiger partial charge in [-0.3, -0.25) is 19.9 Å². The molecule has 1 amide bonds. The molecule has 1 saturated carbocycles. The smallest absolute Gasteiger partial charge is 0.273 e. The third-order valence-corrected chi connectivity index (χ3v) is 4.67. The van der Waals surface area contributed by atoms with Gasteiger partial charge in [0.2, 0.25) is 17.7 Å². The number of benzene rings is 1. The van der Waals surface area contributed by atoms with Crippen LogP contribution in [0.1, 0.15) is 31.2 Å². The van der Waals surface area contributed by atoms with Crippen molar-refractivity contribution in [2.45, 2.75) is 44.2 Å². The van der Waals surface area contributed by atoms with Gasteiger partial charge in [-0.05, 0) is 25.7 Å². The van der Waals surface area contributed by atoms with Gasteiger partial charge in [-0.15, -0.1) is 0 Å². The fourth-order valence-corrected chi connectivity index (χ4v) is 3.27. The van der Waals surface area contributed by atoms with Crippen LogP contribution >= 0.6 is 0 Å². The zero-order valence-electron chi connectivity index (χ0n) is 15.5. The molecule has 0 spiro atoms. The van der Waals surface area contributed by atoms with Crippen molar-refractivity contribution in [2.75, 3.05) is 7.11 Å². The minimum absolute atomic E-state index is 0.00442. The quantitative estimate of drug-likeness (QED) is 0.574. The largest absolute Gasteiger partial charge is 0.480 e. The Bertz CT molecular complexity index is 837. The first-order valence-electron chi connectivity index (χ1n) is 9.09. The fourth-order valence-electron chi connectivity index (χ4n) is 3.27. The minimum atomic E-state index is -0.466. The maximum Gasteiger partial charge on any atom is 0.273 e. The number of hydrogen-bond acceptors (Lipinski definition) is 7. The molecule has 1 aliphatic carbocycles. The van der Waals surface area contributed by atoms with E-state index in [1.165, 1.54) is 19.4 Å². The van der Waals surface area contributed by atoms with Gasteiger partial charge in [0.1, 0.15) is 6.10 Å². The van der Waals surface area contributed by atoms with Gasteiger partial charge < -0.3 is 14.8 Å². The number of hydrogen-bond donors (Lipinski definition) is 1. The number of nitrogens with one attached hydrogen (secondary N) is 1. The molecule has 1 N–H and O–H groups in total. The summed E-state index contributed by atoms with van der Waals surface area (Å²) in [6.07, 6.45) is 6.14. The molecule has 0 unspecified atom stereocenters. The second kappa shape index (κ2) is 9.12. The molecule has 1 aromatic heterocycles. The maximum absolute atomic E-state index is 12.3. The highest BCUT2D eigenvalue weighted by Gasteiger charge is 2.25. The molecule has 28 heavy (non-hydrogen) atoms. The predicted molar refractivity (Wildman–Crippen MR) is 100 cm³/mol. The van der Waals surface area contributed by atoms with E-state index in [9.17, 15) is 14.9 Å². The molecule has 1 aliphatic rings. The van der Waals surface area contributed by atoms with Crippen molar-refractivity contribution in [3.63, 3.8) is 0 Å². The normalized spacial score (nSPS) is 18.9. The maximum atomic E-state index is 12.3. The Labute approximate surface area is 162 Å². The lowest BCUT2D eigenvalue weighted by molar-refractivity contribution is -0.385. The highest BCUT2D eigenvalue weighted by atomic mass is 16.6. The Morgan fingerprint density at radius 3 is 2.64 bits per heavy atom. The van der Waals surface area contributed by atoms with Crippen molar-refractivity contribution >= 4 is 11.6 Å². The average Bonchev–Trinajstić information content (AvgIpc) is 2.70. The fraction of sp³-hybridized carbons (Fsp3) is 0.421. The number of nitro benzene ring substituents is 1. The molecule has 3 rings (SSSR count). The monoisotopic (exact) mass is 386 g/mol. The summed E-state index contributed by atoms with van der Waals surface area (Å²) in [5.41, 5.74) is 0.382. The Morgan fingerprint density at radius 2 is 1.93 bits per heavy atom. The van der Waals surface area contributed by atoms with Crippen LogP contribution in [-0.2, 0) is 11.2 Å². The van der Waals surface area contributed by atoms with Crippen LogP contribution in [-0.4, -0.2) is 40.1 Å². The minimum Gasteiger partial charge on any atom is -0.480 e. The molecule has 0 bridgehead atoms. The molecular formula is C19H22N4O5. The van der Waals surface area contributed by atoms with Crippen molar-refractivity contribution in [3.05, 3.63) is 52.3 Å². The number of rotatable bonds is 7. The van der Waals surface area contributed by atoms with Crippen molar-refractivity contribution in [3.8, 4) is 11.8 Å². The standard InChI is InChI=1S/C19H22N4O5/c1-27-18-11-20-12-19(22-18)28-15-8-6-14(7-9-15)21-17(24)10-13-4-2-3-5-16(13)23(25)26/h2-5,11-12,14-15H,6-10H2,1H3,(H,21,24). The number of carbonyl (C=O) groups is 1. The molecule has 1 aromatic carbocycles. The second-order valence-corrected chi connectivity index (χ2v) is 6.62. The Kier molecular flexibility index (Phi) is 6.36. The molecule has 9 heteroatoms. The molecule has 148 valence electrons. The van der Waals surface area contributed by atoms with Crippen LogP contribution in [0.15, 0.2) is 36.7 Å². The van der Waals surface area contributed by atoms with Crippen LogP contribution in [0.3, 0.4) is 0 Å². The topological polar surface area (TPSA) is 116 Å². The molecular weight excluding hydrogens is 364 g/mol. The first-order valence-corrected chi connectivity index (χ1v) is 9.09. The number of para-hydroxylation sites is 1. The van der Waals surface area contributed by atoms with Gasteiger partial charge in [0, 0.05) is 17.7 Å². The first-order chi connectivity index (χ1) is 13.5. The van der Waals surface area contributed by atoms with Crippen molar-refractivity contribution in [1.29, 1.82) is 0 Å². The number of methoxy groups -OCH3 is 1. The van der Waals surface area contributed by atoms with E-state index in [2.05, 4.69) is 15.3 Å². The molecule has 1 heterocycles. The summed E-state index contributed by atoms with van der Waals surface area (Å²) in [6.45, 7) is 0. The van der Waals surface area contributed by atoms with Crippen LogP contribution in [0.5, 0.6) is 11.8 Å². The van der Waals surface area contributed by atoms with Crippen LogP contribution in [0.2, 0.25) is 0 Å². The Morgan fingerprint density at radius 1 is 1.21 bits per heavy atom. The zero-order chi connectivity index (χ0) is 19.9. The number of aromatic nitrogens is 2. The highest BCUT2D eigenvalue weighted by Crippen LogP contribution is 2.24. The van der Waals surface area contributed by atoms with Crippen LogP contribution < -0.4 is 14.8 Å². The number of ether oxygens (including phenoxy) is 2. The van der Waals surface area contributed by atoms with E-state index in [-0.39, 0.29) is 30.2 Å². The van der Waals surface area contributed by atoms with Gasteiger partial charge in [0.15, 0.2) is 0 Å². The number of carbonyl (C=O) groups excluding carboxylic acids is 1. The van der Waals surface area contributed by atoms with E-state index >= 15 is 0 Å².